The summed E-state index contributed by atoms with van der Waals surface area (Å²) in [4.78, 5) is 7.47. The summed E-state index contributed by atoms with van der Waals surface area (Å²) in [6.07, 6.45) is 4.03. The molecule has 0 fully saturated rings. The molecule has 0 aliphatic carbocycles. The number of thioether (sulfide) groups is 2. The number of hydrogen-bond donors (Lipinski definition) is 4. The lowest BCUT2D eigenvalue weighted by Gasteiger charge is -2.19. The maximum atomic E-state index is 7.84. The monoisotopic (exact) mass is 672 g/mol. The molecule has 6 nitrogen and oxygen atoms in total. The molecular formula is C30H30Cl2N6S4. The Morgan fingerprint density at radius 1 is 0.595 bits per heavy atom. The van der Waals surface area contributed by atoms with Crippen LogP contribution in [0.3, 0.4) is 0 Å². The summed E-state index contributed by atoms with van der Waals surface area (Å²) in [7, 11) is 6.82. The lowest BCUT2D eigenvalue weighted by molar-refractivity contribution is 1.19. The molecule has 0 saturated carbocycles. The minimum atomic E-state index is -0.0318. The minimum absolute atomic E-state index is 0.0318. The Hall–Kier alpha value is -2.60. The maximum Gasteiger partial charge on any atom is 0.192 e. The highest BCUT2D eigenvalue weighted by molar-refractivity contribution is 8.76. The average molecular weight is 674 g/mol. The zero-order valence-corrected chi connectivity index (χ0v) is 28.1. The fourth-order valence-electron chi connectivity index (χ4n) is 4.03. The smallest absolute Gasteiger partial charge is 0.192 e. The highest BCUT2D eigenvalue weighted by Crippen LogP contribution is 2.44. The molecule has 0 saturated heterocycles. The van der Waals surface area contributed by atoms with Crippen molar-refractivity contribution in [2.45, 2.75) is 19.6 Å². The van der Waals surface area contributed by atoms with Crippen molar-refractivity contribution in [3.05, 3.63) is 82.8 Å². The summed E-state index contributed by atoms with van der Waals surface area (Å²) in [6, 6.07) is 24.2. The van der Waals surface area contributed by atoms with Crippen molar-refractivity contribution in [1.29, 1.82) is 10.8 Å². The van der Waals surface area contributed by atoms with E-state index in [1.165, 1.54) is 0 Å². The van der Waals surface area contributed by atoms with Crippen LogP contribution >= 0.6 is 68.3 Å². The fraction of sp³-hybridized carbons (Fsp3) is 0.133. The van der Waals surface area contributed by atoms with E-state index in [1.54, 1.807) is 69.0 Å². The van der Waals surface area contributed by atoms with Gasteiger partial charge in [0, 0.05) is 66.2 Å². The normalized spacial score (nSPS) is 10.9. The van der Waals surface area contributed by atoms with Crippen molar-refractivity contribution in [2.75, 3.05) is 36.4 Å². The topological polar surface area (TPSA) is 106 Å². The molecule has 0 spiro atoms. The third kappa shape index (κ3) is 7.67. The van der Waals surface area contributed by atoms with E-state index in [2.05, 4.69) is 24.3 Å². The molecule has 218 valence electrons. The Morgan fingerprint density at radius 2 is 0.976 bits per heavy atom. The number of hydrogen-bond acceptors (Lipinski definition) is 6. The minimum Gasteiger partial charge on any atom is -0.370 e. The van der Waals surface area contributed by atoms with Crippen LogP contribution < -0.4 is 21.3 Å². The van der Waals surface area contributed by atoms with E-state index in [9.17, 15) is 0 Å². The first-order valence-electron chi connectivity index (χ1n) is 12.5. The largest absolute Gasteiger partial charge is 0.370 e. The SMILES string of the molecule is CSc1cc(-c2cc(SSc3ccc(Cl)c(-c4cc(SC)cc(N(C)C(=N)N)c4)c3)ccc2Cl)cc(N(C)C(=N)N)c1. The van der Waals surface area contributed by atoms with Gasteiger partial charge in [-0.05, 0) is 96.4 Å². The molecule has 4 rings (SSSR count). The molecule has 6 N–H and O–H groups in total. The van der Waals surface area contributed by atoms with Gasteiger partial charge in [0.15, 0.2) is 11.9 Å². The molecule has 42 heavy (non-hydrogen) atoms. The molecule has 0 aliphatic heterocycles. The second kappa shape index (κ2) is 14.2. The van der Waals surface area contributed by atoms with Crippen molar-refractivity contribution >= 4 is 91.6 Å². The standard InChI is InChI=1S/C30H30Cl2N6S4/c1-37(29(33)34)19-9-17(11-23(13-19)39-3)25-15-21(5-7-27(25)31)41-42-22-6-8-28(32)26(16-22)18-10-20(38(2)30(35)36)14-24(12-18)40-4/h5-16H,1-4H3,(H3,33,34)(H3,35,36). The lowest BCUT2D eigenvalue weighted by atomic mass is 10.0. The molecule has 0 unspecified atom stereocenters. The Labute approximate surface area is 273 Å². The summed E-state index contributed by atoms with van der Waals surface area (Å²) in [5, 5.41) is 17.0. The lowest BCUT2D eigenvalue weighted by Crippen LogP contribution is -2.32. The van der Waals surface area contributed by atoms with Gasteiger partial charge < -0.3 is 21.3 Å². The molecule has 0 bridgehead atoms. The number of nitrogens with two attached hydrogens (primary N) is 2. The highest BCUT2D eigenvalue weighted by atomic mass is 35.5. The second-order valence-electron chi connectivity index (χ2n) is 9.18. The van der Waals surface area contributed by atoms with Crippen molar-refractivity contribution in [2.24, 2.45) is 11.5 Å². The van der Waals surface area contributed by atoms with Crippen LogP contribution in [0, 0.1) is 10.8 Å². The van der Waals surface area contributed by atoms with Crippen LogP contribution in [0.1, 0.15) is 0 Å². The van der Waals surface area contributed by atoms with Crippen molar-refractivity contribution in [3.63, 3.8) is 0 Å². The predicted octanol–water partition coefficient (Wildman–Crippen LogP) is 9.23. The summed E-state index contributed by atoms with van der Waals surface area (Å²) in [6.45, 7) is 0. The number of anilines is 2. The number of rotatable bonds is 9. The summed E-state index contributed by atoms with van der Waals surface area (Å²) in [5.41, 5.74) is 16.9. The van der Waals surface area contributed by atoms with Gasteiger partial charge in [-0.15, -0.1) is 23.5 Å². The van der Waals surface area contributed by atoms with E-state index in [1.807, 2.05) is 61.0 Å². The summed E-state index contributed by atoms with van der Waals surface area (Å²) >= 11 is 16.6. The molecule has 0 radical (unpaired) electrons. The summed E-state index contributed by atoms with van der Waals surface area (Å²) in [5.74, 6) is -0.0637. The molecule has 0 amide bonds. The van der Waals surface area contributed by atoms with Gasteiger partial charge in [0.1, 0.15) is 0 Å². The van der Waals surface area contributed by atoms with E-state index < -0.39 is 0 Å². The van der Waals surface area contributed by atoms with Crippen LogP contribution in [-0.2, 0) is 0 Å². The van der Waals surface area contributed by atoms with Gasteiger partial charge in [-0.25, -0.2) is 0 Å². The fourth-order valence-corrected chi connectivity index (χ4v) is 7.42. The third-order valence-corrected chi connectivity index (χ3v) is 10.9. The van der Waals surface area contributed by atoms with Crippen molar-refractivity contribution in [3.8, 4) is 22.3 Å². The number of guanidine groups is 2. The zero-order chi connectivity index (χ0) is 30.6. The average Bonchev–Trinajstić information content (AvgIpc) is 2.99. The third-order valence-electron chi connectivity index (χ3n) is 6.48. The molecule has 4 aromatic carbocycles. The van der Waals surface area contributed by atoms with Gasteiger partial charge in [-0.2, -0.15) is 0 Å². The molecular weight excluding hydrogens is 644 g/mol. The highest BCUT2D eigenvalue weighted by Gasteiger charge is 2.14. The maximum absolute atomic E-state index is 7.84. The van der Waals surface area contributed by atoms with Crippen LogP contribution in [0.5, 0.6) is 0 Å². The summed E-state index contributed by atoms with van der Waals surface area (Å²) < 4.78 is 0. The van der Waals surface area contributed by atoms with Crippen molar-refractivity contribution < 1.29 is 0 Å². The Kier molecular flexibility index (Phi) is 11.0. The number of benzene rings is 4. The van der Waals surface area contributed by atoms with Crippen molar-refractivity contribution in [1.82, 2.24) is 0 Å². The molecule has 12 heteroatoms. The second-order valence-corrected chi connectivity index (χ2v) is 14.0. The van der Waals surface area contributed by atoms with Gasteiger partial charge in [-0.1, -0.05) is 44.8 Å². The van der Waals surface area contributed by atoms with Crippen LogP contribution in [0.4, 0.5) is 11.4 Å². The van der Waals surface area contributed by atoms with E-state index >= 15 is 0 Å². The number of nitrogens with one attached hydrogen (secondary N) is 2. The van der Waals surface area contributed by atoms with Crippen LogP contribution in [0.2, 0.25) is 10.0 Å². The van der Waals surface area contributed by atoms with E-state index in [0.717, 1.165) is 53.2 Å². The first-order valence-corrected chi connectivity index (χ1v) is 17.8. The Morgan fingerprint density at radius 3 is 1.31 bits per heavy atom. The van der Waals surface area contributed by atoms with E-state index in [4.69, 9.17) is 45.5 Å². The molecule has 0 heterocycles. The molecule has 0 atom stereocenters. The van der Waals surface area contributed by atoms with E-state index in [-0.39, 0.29) is 11.9 Å². The van der Waals surface area contributed by atoms with Crippen LogP contribution in [0.25, 0.3) is 22.3 Å². The van der Waals surface area contributed by atoms with Crippen LogP contribution in [0.15, 0.2) is 92.4 Å². The van der Waals surface area contributed by atoms with Gasteiger partial charge in [0.25, 0.3) is 0 Å². The van der Waals surface area contributed by atoms with Gasteiger partial charge in [-0.3, -0.25) is 10.8 Å². The van der Waals surface area contributed by atoms with Gasteiger partial charge >= 0.3 is 0 Å². The Bertz CT molecular complexity index is 1530. The number of halogens is 2. The van der Waals surface area contributed by atoms with E-state index in [0.29, 0.717) is 10.0 Å². The number of nitrogens with zero attached hydrogens (tertiary/aromatic N) is 2. The van der Waals surface area contributed by atoms with Gasteiger partial charge in [0.05, 0.1) is 0 Å². The molecule has 4 aromatic rings. The van der Waals surface area contributed by atoms with Gasteiger partial charge in [0.2, 0.25) is 0 Å². The quantitative estimate of drug-likeness (QED) is 0.0603. The zero-order valence-electron chi connectivity index (χ0n) is 23.4. The molecule has 0 aromatic heterocycles. The molecule has 0 aliphatic rings. The first-order chi connectivity index (χ1) is 20.0. The predicted molar refractivity (Wildman–Crippen MR) is 190 cm³/mol. The van der Waals surface area contributed by atoms with Crippen LogP contribution in [-0.4, -0.2) is 38.5 Å². The Balaban J connectivity index is 1.63. The first kappa shape index (κ1) is 32.3.